The predicted molar refractivity (Wildman–Crippen MR) is 138 cm³/mol. The Morgan fingerprint density at radius 2 is 1.66 bits per heavy atom. The van der Waals surface area contributed by atoms with Crippen molar-refractivity contribution in [1.82, 2.24) is 9.21 Å². The number of halogens is 1. The summed E-state index contributed by atoms with van der Waals surface area (Å²) in [7, 11) is -2.04. The van der Waals surface area contributed by atoms with Crippen LogP contribution < -0.4 is 4.74 Å². The van der Waals surface area contributed by atoms with Crippen LogP contribution in [-0.2, 0) is 21.4 Å². The molecule has 1 aliphatic rings. The highest BCUT2D eigenvalue weighted by atomic mass is 35.5. The van der Waals surface area contributed by atoms with Crippen LogP contribution in [0.5, 0.6) is 5.75 Å². The molecule has 4 rings (SSSR count). The molecule has 1 aliphatic heterocycles. The van der Waals surface area contributed by atoms with E-state index >= 15 is 0 Å². The van der Waals surface area contributed by atoms with E-state index < -0.39 is 10.0 Å². The Morgan fingerprint density at radius 3 is 2.34 bits per heavy atom. The Hall–Kier alpha value is -2.42. The van der Waals surface area contributed by atoms with Crippen molar-refractivity contribution < 1.29 is 17.9 Å². The number of ether oxygens (including phenoxy) is 2. The van der Waals surface area contributed by atoms with E-state index in [9.17, 15) is 8.42 Å². The van der Waals surface area contributed by atoms with Gasteiger partial charge in [-0.1, -0.05) is 59.6 Å². The summed E-state index contributed by atoms with van der Waals surface area (Å²) in [5, 5.41) is 0.683. The van der Waals surface area contributed by atoms with Gasteiger partial charge in [-0.2, -0.15) is 4.31 Å². The minimum atomic E-state index is -3.57. The average Bonchev–Trinajstić information content (AvgIpc) is 2.87. The SMILES string of the molecule is COc1cccc(S(=O)(=O)N2CCN(C[C@H](OCc3cccc(C)c3)c3ccc(Cl)cc3)CC2)c1. The zero-order chi connectivity index (χ0) is 24.8. The maximum atomic E-state index is 13.1. The molecule has 1 atom stereocenters. The van der Waals surface area contributed by atoms with Crippen LogP contribution in [0.3, 0.4) is 0 Å². The number of hydrogen-bond acceptors (Lipinski definition) is 5. The molecule has 0 radical (unpaired) electrons. The summed E-state index contributed by atoms with van der Waals surface area (Å²) in [6.07, 6.45) is -0.158. The van der Waals surface area contributed by atoms with E-state index in [1.54, 1.807) is 28.6 Å². The lowest BCUT2D eigenvalue weighted by atomic mass is 10.1. The Labute approximate surface area is 213 Å². The van der Waals surface area contributed by atoms with Gasteiger partial charge in [0.05, 0.1) is 24.7 Å². The van der Waals surface area contributed by atoms with Crippen LogP contribution in [-0.4, -0.2) is 57.5 Å². The van der Waals surface area contributed by atoms with Crippen LogP contribution in [0, 0.1) is 6.92 Å². The van der Waals surface area contributed by atoms with Gasteiger partial charge in [0, 0.05) is 43.8 Å². The minimum absolute atomic E-state index is 0.158. The molecule has 3 aromatic rings. The molecule has 0 bridgehead atoms. The van der Waals surface area contributed by atoms with Crippen LogP contribution >= 0.6 is 11.6 Å². The Balaban J connectivity index is 1.42. The monoisotopic (exact) mass is 514 g/mol. The molecule has 0 spiro atoms. The van der Waals surface area contributed by atoms with Crippen LogP contribution in [0.1, 0.15) is 22.8 Å². The number of rotatable bonds is 9. The van der Waals surface area contributed by atoms with Gasteiger partial charge in [-0.3, -0.25) is 4.90 Å². The van der Waals surface area contributed by atoms with Crippen molar-refractivity contribution in [3.63, 3.8) is 0 Å². The standard InChI is InChI=1S/C27H31ClN2O4S/c1-21-5-3-6-22(17-21)20-34-27(23-9-11-24(28)12-10-23)19-29-13-15-30(16-14-29)35(31,32)26-8-4-7-25(18-26)33-2/h3-12,17-18,27H,13-16,19-20H2,1-2H3/t27-/m0/s1. The van der Waals surface area contributed by atoms with E-state index in [-0.39, 0.29) is 11.0 Å². The molecule has 1 saturated heterocycles. The fourth-order valence-electron chi connectivity index (χ4n) is 4.23. The zero-order valence-electron chi connectivity index (χ0n) is 20.1. The lowest BCUT2D eigenvalue weighted by molar-refractivity contribution is 0.00771. The van der Waals surface area contributed by atoms with Crippen molar-refractivity contribution in [2.45, 2.75) is 24.5 Å². The van der Waals surface area contributed by atoms with Gasteiger partial charge in [-0.05, 0) is 42.3 Å². The molecule has 0 unspecified atom stereocenters. The molecule has 0 aromatic heterocycles. The normalized spacial score (nSPS) is 16.2. The molecule has 0 saturated carbocycles. The molecule has 1 heterocycles. The molecule has 1 fully saturated rings. The molecular weight excluding hydrogens is 484 g/mol. The fraction of sp³-hybridized carbons (Fsp3) is 0.333. The Kier molecular flexibility index (Phi) is 8.46. The zero-order valence-corrected chi connectivity index (χ0v) is 21.6. The van der Waals surface area contributed by atoms with Gasteiger partial charge in [0.25, 0.3) is 0 Å². The van der Waals surface area contributed by atoms with E-state index in [1.165, 1.54) is 12.7 Å². The van der Waals surface area contributed by atoms with E-state index in [2.05, 4.69) is 30.0 Å². The summed E-state index contributed by atoms with van der Waals surface area (Å²) in [6, 6.07) is 22.6. The maximum Gasteiger partial charge on any atom is 0.243 e. The first-order valence-corrected chi connectivity index (χ1v) is 13.5. The van der Waals surface area contributed by atoms with Gasteiger partial charge in [0.2, 0.25) is 10.0 Å². The third-order valence-corrected chi connectivity index (χ3v) is 8.36. The van der Waals surface area contributed by atoms with Crippen LogP contribution in [0.4, 0.5) is 0 Å². The largest absolute Gasteiger partial charge is 0.497 e. The summed E-state index contributed by atoms with van der Waals surface area (Å²) in [6.45, 7) is 5.33. The summed E-state index contributed by atoms with van der Waals surface area (Å²) in [4.78, 5) is 2.51. The number of hydrogen-bond donors (Lipinski definition) is 0. The highest BCUT2D eigenvalue weighted by Crippen LogP contribution is 2.25. The van der Waals surface area contributed by atoms with Crippen molar-refractivity contribution >= 4 is 21.6 Å². The van der Waals surface area contributed by atoms with Crippen LogP contribution in [0.15, 0.2) is 77.7 Å². The van der Waals surface area contributed by atoms with Crippen molar-refractivity contribution in [2.75, 3.05) is 39.8 Å². The van der Waals surface area contributed by atoms with Crippen molar-refractivity contribution in [3.05, 3.63) is 94.5 Å². The molecule has 0 N–H and O–H groups in total. The van der Waals surface area contributed by atoms with E-state index in [1.807, 2.05) is 30.3 Å². The van der Waals surface area contributed by atoms with Gasteiger partial charge < -0.3 is 9.47 Å². The number of benzene rings is 3. The first-order chi connectivity index (χ1) is 16.8. The minimum Gasteiger partial charge on any atom is -0.497 e. The highest BCUT2D eigenvalue weighted by molar-refractivity contribution is 7.89. The van der Waals surface area contributed by atoms with Gasteiger partial charge in [0.15, 0.2) is 0 Å². The van der Waals surface area contributed by atoms with Crippen LogP contribution in [0.25, 0.3) is 0 Å². The number of piperazine rings is 1. The lowest BCUT2D eigenvalue weighted by Crippen LogP contribution is -2.49. The second-order valence-electron chi connectivity index (χ2n) is 8.72. The summed E-state index contributed by atoms with van der Waals surface area (Å²) in [5.74, 6) is 0.529. The molecule has 0 amide bonds. The molecule has 6 nitrogen and oxygen atoms in total. The molecule has 0 aliphatic carbocycles. The fourth-order valence-corrected chi connectivity index (χ4v) is 5.81. The van der Waals surface area contributed by atoms with Gasteiger partial charge in [-0.15, -0.1) is 0 Å². The van der Waals surface area contributed by atoms with E-state index in [0.717, 1.165) is 11.1 Å². The van der Waals surface area contributed by atoms with Gasteiger partial charge in [-0.25, -0.2) is 8.42 Å². The Bertz CT molecular complexity index is 1230. The molecule has 8 heteroatoms. The third-order valence-electron chi connectivity index (χ3n) is 6.21. The topological polar surface area (TPSA) is 59.1 Å². The molecular formula is C27H31ClN2O4S. The quantitative estimate of drug-likeness (QED) is 0.405. The number of aryl methyl sites for hydroxylation is 1. The van der Waals surface area contributed by atoms with E-state index in [4.69, 9.17) is 21.1 Å². The number of sulfonamides is 1. The summed E-state index contributed by atoms with van der Waals surface area (Å²) in [5.41, 5.74) is 3.37. The summed E-state index contributed by atoms with van der Waals surface area (Å²) < 4.78 is 39.4. The second kappa shape index (κ2) is 11.5. The highest BCUT2D eigenvalue weighted by Gasteiger charge is 2.30. The number of methoxy groups -OCH3 is 1. The van der Waals surface area contributed by atoms with Crippen molar-refractivity contribution in [3.8, 4) is 5.75 Å². The van der Waals surface area contributed by atoms with Crippen molar-refractivity contribution in [2.24, 2.45) is 0 Å². The van der Waals surface area contributed by atoms with Gasteiger partial charge >= 0.3 is 0 Å². The van der Waals surface area contributed by atoms with Gasteiger partial charge in [0.1, 0.15) is 5.75 Å². The first-order valence-electron chi connectivity index (χ1n) is 11.6. The lowest BCUT2D eigenvalue weighted by Gasteiger charge is -2.36. The second-order valence-corrected chi connectivity index (χ2v) is 11.1. The molecule has 35 heavy (non-hydrogen) atoms. The van der Waals surface area contributed by atoms with E-state index in [0.29, 0.717) is 50.1 Å². The summed E-state index contributed by atoms with van der Waals surface area (Å²) >= 11 is 6.11. The van der Waals surface area contributed by atoms with Crippen LogP contribution in [0.2, 0.25) is 5.02 Å². The molecule has 3 aromatic carbocycles. The maximum absolute atomic E-state index is 13.1. The third kappa shape index (κ3) is 6.63. The average molecular weight is 515 g/mol. The predicted octanol–water partition coefficient (Wildman–Crippen LogP) is 4.92. The Morgan fingerprint density at radius 1 is 0.943 bits per heavy atom. The number of nitrogens with zero attached hydrogens (tertiary/aromatic N) is 2. The molecule has 186 valence electrons. The smallest absolute Gasteiger partial charge is 0.243 e. The van der Waals surface area contributed by atoms with Crippen molar-refractivity contribution in [1.29, 1.82) is 0 Å². The first kappa shape index (κ1) is 25.7.